The second-order valence-electron chi connectivity index (χ2n) is 3.61. The molecule has 0 aromatic heterocycles. The summed E-state index contributed by atoms with van der Waals surface area (Å²) in [5.41, 5.74) is 0. The van der Waals surface area contributed by atoms with Gasteiger partial charge in [-0.1, -0.05) is 0 Å². The van der Waals surface area contributed by atoms with Crippen molar-refractivity contribution in [3.05, 3.63) is 0 Å². The lowest BCUT2D eigenvalue weighted by Crippen LogP contribution is -2.39. The van der Waals surface area contributed by atoms with Gasteiger partial charge in [-0.3, -0.25) is 9.69 Å². The van der Waals surface area contributed by atoms with Crippen molar-refractivity contribution in [2.75, 3.05) is 33.2 Å². The van der Waals surface area contributed by atoms with Crippen molar-refractivity contribution in [3.8, 4) is 12.3 Å². The largest absolute Gasteiger partial charge is 0.342 e. The summed E-state index contributed by atoms with van der Waals surface area (Å²) < 4.78 is 0. The molecule has 0 saturated carbocycles. The minimum absolute atomic E-state index is 0.197. The van der Waals surface area contributed by atoms with Crippen LogP contribution in [0.1, 0.15) is 26.7 Å². The minimum atomic E-state index is 0.197. The summed E-state index contributed by atoms with van der Waals surface area (Å²) in [5.74, 6) is 2.80. The first-order valence-electron chi connectivity index (χ1n) is 5.55. The molecule has 0 N–H and O–H groups in total. The molecule has 0 aliphatic carbocycles. The molecular weight excluding hydrogens is 188 g/mol. The minimum Gasteiger partial charge on any atom is -0.342 e. The Labute approximate surface area is 93.4 Å². The fraction of sp³-hybridized carbons (Fsp3) is 0.750. The molecule has 0 bridgehead atoms. The Hall–Kier alpha value is -1.01. The van der Waals surface area contributed by atoms with Gasteiger partial charge in [0, 0.05) is 19.5 Å². The molecule has 0 radical (unpaired) electrons. The topological polar surface area (TPSA) is 23.6 Å². The van der Waals surface area contributed by atoms with E-state index in [1.54, 1.807) is 0 Å². The molecule has 0 rings (SSSR count). The Balaban J connectivity index is 3.80. The Morgan fingerprint density at radius 2 is 1.93 bits per heavy atom. The van der Waals surface area contributed by atoms with Crippen molar-refractivity contribution in [1.29, 1.82) is 0 Å². The van der Waals surface area contributed by atoms with Crippen LogP contribution in [-0.2, 0) is 4.79 Å². The van der Waals surface area contributed by atoms with Gasteiger partial charge in [-0.25, -0.2) is 0 Å². The summed E-state index contributed by atoms with van der Waals surface area (Å²) in [6, 6.07) is 0. The summed E-state index contributed by atoms with van der Waals surface area (Å²) in [4.78, 5) is 15.6. The van der Waals surface area contributed by atoms with Crippen LogP contribution < -0.4 is 0 Å². The van der Waals surface area contributed by atoms with E-state index >= 15 is 0 Å². The zero-order chi connectivity index (χ0) is 11.7. The summed E-state index contributed by atoms with van der Waals surface area (Å²) in [5, 5.41) is 0. The van der Waals surface area contributed by atoms with Gasteiger partial charge in [-0.05, 0) is 33.9 Å². The number of likely N-dealkylation sites (N-methyl/N-ethyl adjacent to an activating group) is 2. The van der Waals surface area contributed by atoms with Crippen molar-refractivity contribution in [1.82, 2.24) is 9.80 Å². The van der Waals surface area contributed by atoms with E-state index in [1.807, 2.05) is 30.7 Å². The van der Waals surface area contributed by atoms with E-state index in [9.17, 15) is 4.79 Å². The summed E-state index contributed by atoms with van der Waals surface area (Å²) in [6.45, 7) is 6.95. The molecule has 1 amide bonds. The standard InChI is InChI=1S/C12H22N2O/c1-5-8-9-10-13(4)11-12(15)14(6-2)7-3/h1H,6-11H2,2-4H3. The molecule has 0 spiro atoms. The second-order valence-corrected chi connectivity index (χ2v) is 3.61. The van der Waals surface area contributed by atoms with E-state index in [2.05, 4.69) is 5.92 Å². The molecule has 0 heterocycles. The molecule has 0 aliphatic rings. The van der Waals surface area contributed by atoms with E-state index in [4.69, 9.17) is 6.42 Å². The van der Waals surface area contributed by atoms with Gasteiger partial charge in [-0.15, -0.1) is 12.3 Å². The van der Waals surface area contributed by atoms with Crippen molar-refractivity contribution in [2.45, 2.75) is 26.7 Å². The molecule has 3 heteroatoms. The number of amides is 1. The van der Waals surface area contributed by atoms with Crippen LogP contribution in [-0.4, -0.2) is 48.9 Å². The molecule has 0 fully saturated rings. The highest BCUT2D eigenvalue weighted by atomic mass is 16.2. The fourth-order valence-corrected chi connectivity index (χ4v) is 1.44. The first kappa shape index (κ1) is 14.0. The third kappa shape index (κ3) is 6.14. The zero-order valence-corrected chi connectivity index (χ0v) is 10.1. The number of terminal acetylenes is 1. The maximum absolute atomic E-state index is 11.7. The summed E-state index contributed by atoms with van der Waals surface area (Å²) in [7, 11) is 1.96. The fourth-order valence-electron chi connectivity index (χ4n) is 1.44. The smallest absolute Gasteiger partial charge is 0.236 e. The quantitative estimate of drug-likeness (QED) is 0.465. The lowest BCUT2D eigenvalue weighted by atomic mass is 10.3. The Kier molecular flexibility index (Phi) is 7.75. The van der Waals surface area contributed by atoms with Gasteiger partial charge in [0.1, 0.15) is 0 Å². The lowest BCUT2D eigenvalue weighted by molar-refractivity contribution is -0.131. The molecule has 15 heavy (non-hydrogen) atoms. The summed E-state index contributed by atoms with van der Waals surface area (Å²) >= 11 is 0. The highest BCUT2D eigenvalue weighted by molar-refractivity contribution is 5.78. The van der Waals surface area contributed by atoms with Gasteiger partial charge in [0.15, 0.2) is 0 Å². The third-order valence-corrected chi connectivity index (χ3v) is 2.38. The monoisotopic (exact) mass is 210 g/mol. The molecule has 86 valence electrons. The van der Waals surface area contributed by atoms with Crippen molar-refractivity contribution >= 4 is 5.91 Å². The van der Waals surface area contributed by atoms with Gasteiger partial charge in [0.05, 0.1) is 6.54 Å². The number of hydrogen-bond donors (Lipinski definition) is 0. The SMILES string of the molecule is C#CCCCN(C)CC(=O)N(CC)CC. The number of carbonyl (C=O) groups is 1. The molecule has 0 unspecified atom stereocenters. The Morgan fingerprint density at radius 3 is 2.40 bits per heavy atom. The van der Waals surface area contributed by atoms with Crippen LogP contribution in [0.5, 0.6) is 0 Å². The van der Waals surface area contributed by atoms with Crippen molar-refractivity contribution < 1.29 is 4.79 Å². The number of hydrogen-bond acceptors (Lipinski definition) is 2. The first-order valence-corrected chi connectivity index (χ1v) is 5.55. The molecule has 0 aromatic rings. The molecule has 0 aliphatic heterocycles. The molecule has 3 nitrogen and oxygen atoms in total. The molecule has 0 atom stereocenters. The van der Waals surface area contributed by atoms with Crippen LogP contribution in [0.4, 0.5) is 0 Å². The van der Waals surface area contributed by atoms with E-state index in [0.717, 1.165) is 32.5 Å². The predicted molar refractivity (Wildman–Crippen MR) is 63.5 cm³/mol. The number of unbranched alkanes of at least 4 members (excludes halogenated alkanes) is 1. The predicted octanol–water partition coefficient (Wildman–Crippen LogP) is 1.20. The van der Waals surface area contributed by atoms with Crippen LogP contribution >= 0.6 is 0 Å². The first-order chi connectivity index (χ1) is 7.15. The van der Waals surface area contributed by atoms with Gasteiger partial charge in [-0.2, -0.15) is 0 Å². The summed E-state index contributed by atoms with van der Waals surface area (Å²) in [6.07, 6.45) is 6.90. The molecule has 0 aromatic carbocycles. The van der Waals surface area contributed by atoms with Crippen LogP contribution in [0.15, 0.2) is 0 Å². The van der Waals surface area contributed by atoms with Crippen LogP contribution in [0.25, 0.3) is 0 Å². The van der Waals surface area contributed by atoms with Crippen LogP contribution in [0.2, 0.25) is 0 Å². The molecular formula is C12H22N2O. The van der Waals surface area contributed by atoms with Crippen LogP contribution in [0.3, 0.4) is 0 Å². The second kappa shape index (κ2) is 8.31. The van der Waals surface area contributed by atoms with Gasteiger partial charge in [0.25, 0.3) is 0 Å². The van der Waals surface area contributed by atoms with E-state index in [-0.39, 0.29) is 5.91 Å². The maximum Gasteiger partial charge on any atom is 0.236 e. The maximum atomic E-state index is 11.7. The normalized spacial score (nSPS) is 10.1. The average Bonchev–Trinajstić information content (AvgIpc) is 2.20. The van der Waals surface area contributed by atoms with Crippen molar-refractivity contribution in [3.63, 3.8) is 0 Å². The number of carbonyl (C=O) groups excluding carboxylic acids is 1. The lowest BCUT2D eigenvalue weighted by Gasteiger charge is -2.22. The number of rotatable bonds is 7. The van der Waals surface area contributed by atoms with Crippen molar-refractivity contribution in [2.24, 2.45) is 0 Å². The van der Waals surface area contributed by atoms with Gasteiger partial charge >= 0.3 is 0 Å². The highest BCUT2D eigenvalue weighted by Gasteiger charge is 2.11. The zero-order valence-electron chi connectivity index (χ0n) is 10.1. The Bertz CT molecular complexity index is 216. The van der Waals surface area contributed by atoms with Gasteiger partial charge < -0.3 is 4.90 Å². The Morgan fingerprint density at radius 1 is 1.33 bits per heavy atom. The number of nitrogens with zero attached hydrogens (tertiary/aromatic N) is 2. The highest BCUT2D eigenvalue weighted by Crippen LogP contribution is 1.95. The van der Waals surface area contributed by atoms with Crippen LogP contribution in [0, 0.1) is 12.3 Å². The van der Waals surface area contributed by atoms with E-state index in [1.165, 1.54) is 0 Å². The average molecular weight is 210 g/mol. The third-order valence-electron chi connectivity index (χ3n) is 2.38. The van der Waals surface area contributed by atoms with E-state index in [0.29, 0.717) is 6.54 Å². The molecule has 0 saturated heterocycles. The van der Waals surface area contributed by atoms with E-state index < -0.39 is 0 Å². The van der Waals surface area contributed by atoms with Gasteiger partial charge in [0.2, 0.25) is 5.91 Å².